The second-order valence-corrected chi connectivity index (χ2v) is 7.55. The van der Waals surface area contributed by atoms with Crippen LogP contribution in [0, 0.1) is 5.92 Å². The van der Waals surface area contributed by atoms with E-state index in [1.54, 1.807) is 38.1 Å². The first-order chi connectivity index (χ1) is 15.8. The number of aliphatic imine (C=N–C) groups is 1. The molecule has 180 valence electrons. The molecule has 0 spiro atoms. The van der Waals surface area contributed by atoms with Crippen molar-refractivity contribution in [2.45, 2.75) is 19.8 Å². The molecule has 0 bridgehead atoms. The van der Waals surface area contributed by atoms with E-state index in [0.29, 0.717) is 28.5 Å². The lowest BCUT2D eigenvalue weighted by molar-refractivity contribution is -0.144. The van der Waals surface area contributed by atoms with Crippen molar-refractivity contribution in [3.8, 4) is 0 Å². The molecule has 0 saturated carbocycles. The SMILES string of the molecule is CCOC(=O)C1=C(COCCNCC(=O)OC)N=C(C)C(C(=O)OC)C1c1ccccc1Cl. The molecule has 1 N–H and O–H groups in total. The molecule has 9 nitrogen and oxygen atoms in total. The molecule has 33 heavy (non-hydrogen) atoms. The van der Waals surface area contributed by atoms with Crippen molar-refractivity contribution in [2.24, 2.45) is 10.9 Å². The summed E-state index contributed by atoms with van der Waals surface area (Å²) in [5.41, 5.74) is 1.61. The second kappa shape index (κ2) is 13.1. The highest BCUT2D eigenvalue weighted by Gasteiger charge is 2.43. The van der Waals surface area contributed by atoms with E-state index in [9.17, 15) is 14.4 Å². The van der Waals surface area contributed by atoms with Gasteiger partial charge in [0, 0.05) is 23.2 Å². The number of methoxy groups -OCH3 is 2. The summed E-state index contributed by atoms with van der Waals surface area (Å²) in [6.45, 7) is 4.24. The minimum Gasteiger partial charge on any atom is -0.468 e. The summed E-state index contributed by atoms with van der Waals surface area (Å²) < 4.78 is 20.6. The van der Waals surface area contributed by atoms with Crippen LogP contribution in [0.2, 0.25) is 5.02 Å². The molecule has 2 atom stereocenters. The number of hydrogen-bond donors (Lipinski definition) is 1. The normalized spacial score (nSPS) is 17.9. The highest BCUT2D eigenvalue weighted by atomic mass is 35.5. The number of ether oxygens (including phenoxy) is 4. The lowest BCUT2D eigenvalue weighted by atomic mass is 9.75. The molecule has 1 aliphatic heterocycles. The molecule has 10 heteroatoms. The molecular weight excluding hydrogens is 452 g/mol. The first kappa shape index (κ1) is 26.5. The Bertz CT molecular complexity index is 929. The summed E-state index contributed by atoms with van der Waals surface area (Å²) in [5, 5.41) is 3.29. The van der Waals surface area contributed by atoms with Gasteiger partial charge in [-0.3, -0.25) is 14.6 Å². The van der Waals surface area contributed by atoms with Crippen LogP contribution in [0.5, 0.6) is 0 Å². The Morgan fingerprint density at radius 2 is 1.88 bits per heavy atom. The maximum Gasteiger partial charge on any atom is 0.336 e. The molecule has 0 aromatic heterocycles. The van der Waals surface area contributed by atoms with Gasteiger partial charge in [0.15, 0.2) is 0 Å². The summed E-state index contributed by atoms with van der Waals surface area (Å²) in [7, 11) is 2.59. The van der Waals surface area contributed by atoms with Gasteiger partial charge >= 0.3 is 17.9 Å². The fraction of sp³-hybridized carbons (Fsp3) is 0.478. The predicted octanol–water partition coefficient (Wildman–Crippen LogP) is 2.28. The van der Waals surface area contributed by atoms with Crippen LogP contribution in [0.15, 0.2) is 40.5 Å². The van der Waals surface area contributed by atoms with Gasteiger partial charge in [-0.2, -0.15) is 0 Å². The van der Waals surface area contributed by atoms with Crippen LogP contribution in [0.25, 0.3) is 0 Å². The monoisotopic (exact) mass is 480 g/mol. The van der Waals surface area contributed by atoms with Crippen LogP contribution >= 0.6 is 11.6 Å². The van der Waals surface area contributed by atoms with Crippen molar-refractivity contribution >= 4 is 35.2 Å². The molecule has 1 aliphatic rings. The molecule has 0 aliphatic carbocycles. The molecule has 2 unspecified atom stereocenters. The molecule has 1 aromatic rings. The van der Waals surface area contributed by atoms with E-state index in [1.165, 1.54) is 14.2 Å². The summed E-state index contributed by atoms with van der Waals surface area (Å²) >= 11 is 6.47. The summed E-state index contributed by atoms with van der Waals surface area (Å²) in [6.07, 6.45) is 0. The Labute approximate surface area is 198 Å². The van der Waals surface area contributed by atoms with Gasteiger partial charge in [-0.1, -0.05) is 29.8 Å². The molecule has 1 heterocycles. The Balaban J connectivity index is 2.39. The Morgan fingerprint density at radius 1 is 1.15 bits per heavy atom. The van der Waals surface area contributed by atoms with Crippen molar-refractivity contribution in [1.29, 1.82) is 0 Å². The molecule has 0 radical (unpaired) electrons. The van der Waals surface area contributed by atoms with E-state index in [0.717, 1.165) is 0 Å². The number of hydrogen-bond acceptors (Lipinski definition) is 9. The summed E-state index contributed by atoms with van der Waals surface area (Å²) in [5.74, 6) is -3.12. The van der Waals surface area contributed by atoms with Crippen molar-refractivity contribution in [1.82, 2.24) is 5.32 Å². The van der Waals surface area contributed by atoms with Gasteiger partial charge in [0.1, 0.15) is 5.92 Å². The average molecular weight is 481 g/mol. The molecule has 0 amide bonds. The van der Waals surface area contributed by atoms with Gasteiger partial charge in [0.05, 0.1) is 51.9 Å². The number of nitrogens with zero attached hydrogens (tertiary/aromatic N) is 1. The van der Waals surface area contributed by atoms with E-state index >= 15 is 0 Å². The van der Waals surface area contributed by atoms with Gasteiger partial charge in [0.2, 0.25) is 0 Å². The molecular formula is C23H29ClN2O7. The van der Waals surface area contributed by atoms with E-state index in [-0.39, 0.29) is 37.9 Å². The number of carbonyl (C=O) groups excluding carboxylic acids is 3. The molecule has 2 rings (SSSR count). The van der Waals surface area contributed by atoms with Crippen LogP contribution in [-0.4, -0.2) is 70.7 Å². The third-order valence-corrected chi connectivity index (χ3v) is 5.41. The maximum absolute atomic E-state index is 13.0. The smallest absolute Gasteiger partial charge is 0.336 e. The van der Waals surface area contributed by atoms with Crippen molar-refractivity contribution in [3.05, 3.63) is 46.1 Å². The van der Waals surface area contributed by atoms with Crippen LogP contribution in [0.4, 0.5) is 0 Å². The Hall–Kier alpha value is -2.75. The van der Waals surface area contributed by atoms with Crippen LogP contribution in [-0.2, 0) is 33.3 Å². The quantitative estimate of drug-likeness (QED) is 0.291. The number of esters is 3. The molecule has 0 saturated heterocycles. The average Bonchev–Trinajstić information content (AvgIpc) is 2.80. The van der Waals surface area contributed by atoms with Gasteiger partial charge in [-0.05, 0) is 25.5 Å². The van der Waals surface area contributed by atoms with Gasteiger partial charge < -0.3 is 24.3 Å². The number of benzene rings is 1. The zero-order valence-corrected chi connectivity index (χ0v) is 19.9. The second-order valence-electron chi connectivity index (χ2n) is 7.14. The highest BCUT2D eigenvalue weighted by molar-refractivity contribution is 6.31. The predicted molar refractivity (Wildman–Crippen MR) is 122 cm³/mol. The van der Waals surface area contributed by atoms with Crippen molar-refractivity contribution in [3.63, 3.8) is 0 Å². The largest absolute Gasteiger partial charge is 0.468 e. The van der Waals surface area contributed by atoms with Gasteiger partial charge in [0.25, 0.3) is 0 Å². The zero-order chi connectivity index (χ0) is 24.4. The molecule has 0 fully saturated rings. The number of rotatable bonds is 11. The third-order valence-electron chi connectivity index (χ3n) is 5.07. The van der Waals surface area contributed by atoms with E-state index in [2.05, 4.69) is 15.0 Å². The first-order valence-corrected chi connectivity index (χ1v) is 10.9. The standard InChI is InChI=1S/C23H29ClN2O7/c1-5-33-23(29)21-17(13-32-11-10-25-12-18(27)30-3)26-14(2)19(22(28)31-4)20(21)15-8-6-7-9-16(15)24/h6-9,19-20,25H,5,10-13H2,1-4H3. The maximum atomic E-state index is 13.0. The van der Waals surface area contributed by atoms with Crippen molar-refractivity contribution in [2.75, 3.05) is 47.1 Å². The Morgan fingerprint density at radius 3 is 2.52 bits per heavy atom. The fourth-order valence-corrected chi connectivity index (χ4v) is 3.82. The van der Waals surface area contributed by atoms with Crippen LogP contribution < -0.4 is 5.32 Å². The first-order valence-electron chi connectivity index (χ1n) is 10.5. The fourth-order valence-electron chi connectivity index (χ4n) is 3.57. The topological polar surface area (TPSA) is 113 Å². The van der Waals surface area contributed by atoms with E-state index in [4.69, 9.17) is 25.8 Å². The highest BCUT2D eigenvalue weighted by Crippen LogP contribution is 2.42. The third kappa shape index (κ3) is 6.86. The zero-order valence-electron chi connectivity index (χ0n) is 19.2. The lowest BCUT2D eigenvalue weighted by Gasteiger charge is -2.32. The summed E-state index contributed by atoms with van der Waals surface area (Å²) in [6, 6.07) is 7.00. The molecule has 1 aromatic carbocycles. The lowest BCUT2D eigenvalue weighted by Crippen LogP contribution is -2.37. The van der Waals surface area contributed by atoms with Crippen LogP contribution in [0.3, 0.4) is 0 Å². The van der Waals surface area contributed by atoms with Crippen LogP contribution in [0.1, 0.15) is 25.3 Å². The van der Waals surface area contributed by atoms with Gasteiger partial charge in [-0.25, -0.2) is 4.79 Å². The number of halogens is 1. The minimum absolute atomic E-state index is 0.000235. The van der Waals surface area contributed by atoms with Crippen molar-refractivity contribution < 1.29 is 33.3 Å². The van der Waals surface area contributed by atoms with E-state index in [1.807, 2.05) is 0 Å². The summed E-state index contributed by atoms with van der Waals surface area (Å²) in [4.78, 5) is 41.4. The van der Waals surface area contributed by atoms with E-state index < -0.39 is 23.8 Å². The van der Waals surface area contributed by atoms with Gasteiger partial charge in [-0.15, -0.1) is 0 Å². The number of carbonyl (C=O) groups is 3. The Kier molecular flexibility index (Phi) is 10.5. The number of nitrogens with one attached hydrogen (secondary N) is 1. The minimum atomic E-state index is -0.847.